The molecule has 1 aliphatic rings. The highest BCUT2D eigenvalue weighted by atomic mass is 32.1. The number of rotatable bonds is 7. The van der Waals surface area contributed by atoms with Gasteiger partial charge in [-0.2, -0.15) is 52.7 Å². The maximum absolute atomic E-state index is 13.7. The van der Waals surface area contributed by atoms with Crippen molar-refractivity contribution < 1.29 is 53.0 Å². The number of hydrogen-bond donors (Lipinski definition) is 0. The van der Waals surface area contributed by atoms with Crippen LogP contribution in [-0.2, 0) is 0 Å². The quantitative estimate of drug-likeness (QED) is 0.530. The first-order valence-electron chi connectivity index (χ1n) is 7.87. The van der Waals surface area contributed by atoms with Crippen LogP contribution in [0.3, 0.4) is 0 Å². The van der Waals surface area contributed by atoms with Gasteiger partial charge in [0.1, 0.15) is 5.69 Å². The second-order valence-corrected chi connectivity index (χ2v) is 6.92. The highest BCUT2D eigenvalue weighted by molar-refractivity contribution is 6.99. The van der Waals surface area contributed by atoms with E-state index in [0.717, 1.165) is 0 Å². The molecule has 172 valence electrons. The van der Waals surface area contributed by atoms with Crippen LogP contribution in [0.4, 0.5) is 48.3 Å². The lowest BCUT2D eigenvalue weighted by Crippen LogP contribution is -2.67. The Bertz CT molecular complexity index is 790. The molecule has 0 N–H and O–H groups in total. The van der Waals surface area contributed by atoms with Crippen molar-refractivity contribution in [2.75, 3.05) is 26.7 Å². The van der Waals surface area contributed by atoms with Gasteiger partial charge in [-0.15, -0.1) is 4.37 Å². The van der Waals surface area contributed by atoms with E-state index in [0.29, 0.717) is 30.3 Å². The van der Waals surface area contributed by atoms with Crippen LogP contribution in [0.25, 0.3) is 5.57 Å². The third kappa shape index (κ3) is 4.07. The van der Waals surface area contributed by atoms with Crippen molar-refractivity contribution >= 4 is 17.3 Å². The second-order valence-electron chi connectivity index (χ2n) is 6.39. The van der Waals surface area contributed by atoms with E-state index in [-0.39, 0.29) is 12.2 Å². The molecule has 4 nitrogen and oxygen atoms in total. The van der Waals surface area contributed by atoms with Gasteiger partial charge in [0, 0.05) is 13.1 Å². The SMILES string of the molecule is CN1CCC=C(c2nsnc2OCC(F)(F)C(F)(F)C(F)(F)C(F)(F)C(F)(F)F)C1. The first-order chi connectivity index (χ1) is 13.5. The molecule has 0 saturated carbocycles. The minimum atomic E-state index is -7.47. The summed E-state index contributed by atoms with van der Waals surface area (Å²) in [6, 6.07) is 0. The van der Waals surface area contributed by atoms with Crippen LogP contribution in [0.5, 0.6) is 5.88 Å². The lowest BCUT2D eigenvalue weighted by atomic mass is 9.98. The summed E-state index contributed by atoms with van der Waals surface area (Å²) in [7, 11) is 1.69. The minimum absolute atomic E-state index is 0.168. The van der Waals surface area contributed by atoms with Crippen molar-refractivity contribution in [2.24, 2.45) is 0 Å². The fourth-order valence-corrected chi connectivity index (χ4v) is 2.92. The molecule has 0 fully saturated rings. The van der Waals surface area contributed by atoms with E-state index in [2.05, 4.69) is 13.5 Å². The number of ether oxygens (including phenoxy) is 1. The molecule has 2 rings (SSSR count). The fraction of sp³-hybridized carbons (Fsp3) is 0.714. The van der Waals surface area contributed by atoms with E-state index in [4.69, 9.17) is 0 Å². The first-order valence-corrected chi connectivity index (χ1v) is 8.60. The Morgan fingerprint density at radius 3 is 2.07 bits per heavy atom. The van der Waals surface area contributed by atoms with Crippen molar-refractivity contribution in [3.63, 3.8) is 0 Å². The van der Waals surface area contributed by atoms with E-state index in [1.54, 1.807) is 18.0 Å². The van der Waals surface area contributed by atoms with Gasteiger partial charge in [-0.05, 0) is 19.0 Å². The molecule has 1 aromatic rings. The highest BCUT2D eigenvalue weighted by Gasteiger charge is 2.87. The Labute approximate surface area is 165 Å². The molecule has 0 aromatic carbocycles. The molecular formula is C14H12F11N3OS. The summed E-state index contributed by atoms with van der Waals surface area (Å²) in [4.78, 5) is 1.76. The minimum Gasteiger partial charge on any atom is -0.469 e. The van der Waals surface area contributed by atoms with Crippen LogP contribution in [-0.4, -0.2) is 70.3 Å². The van der Waals surface area contributed by atoms with Crippen LogP contribution in [0.1, 0.15) is 12.1 Å². The van der Waals surface area contributed by atoms with Gasteiger partial charge in [0.25, 0.3) is 5.88 Å². The number of nitrogens with zero attached hydrogens (tertiary/aromatic N) is 3. The van der Waals surface area contributed by atoms with Gasteiger partial charge >= 0.3 is 29.9 Å². The number of likely N-dealkylation sites (N-methyl/N-ethyl adjacent to an activating group) is 1. The molecule has 0 bridgehead atoms. The summed E-state index contributed by atoms with van der Waals surface area (Å²) >= 11 is 0.399. The summed E-state index contributed by atoms with van der Waals surface area (Å²) < 4.78 is 154. The first kappa shape index (κ1) is 24.6. The summed E-state index contributed by atoms with van der Waals surface area (Å²) in [5.74, 6) is -28.9. The molecule has 0 saturated heterocycles. The Morgan fingerprint density at radius 1 is 0.933 bits per heavy atom. The summed E-state index contributed by atoms with van der Waals surface area (Å²) in [6.45, 7) is -1.79. The molecule has 0 spiro atoms. The van der Waals surface area contributed by atoms with E-state index >= 15 is 0 Å². The molecule has 0 aliphatic carbocycles. The Kier molecular flexibility index (Phi) is 6.36. The van der Waals surface area contributed by atoms with Crippen LogP contribution in [0.15, 0.2) is 6.08 Å². The van der Waals surface area contributed by atoms with Crippen molar-refractivity contribution in [2.45, 2.75) is 36.3 Å². The zero-order valence-electron chi connectivity index (χ0n) is 14.7. The van der Waals surface area contributed by atoms with E-state index in [9.17, 15) is 48.3 Å². The fourth-order valence-electron chi connectivity index (χ4n) is 2.39. The standard InChI is InChI=1S/C14H12F11N3OS/c1-28-4-2-3-7(5-28)8-9(27-30-26-8)29-6-10(15,16)11(17,18)12(19,20)13(21,22)14(23,24)25/h3H,2,4-6H2,1H3. The predicted octanol–water partition coefficient (Wildman–Crippen LogP) is 4.74. The van der Waals surface area contributed by atoms with Gasteiger partial charge in [-0.25, -0.2) is 0 Å². The number of alkyl halides is 11. The Hall–Kier alpha value is -1.71. The maximum Gasteiger partial charge on any atom is 0.460 e. The molecule has 2 heterocycles. The van der Waals surface area contributed by atoms with Crippen LogP contribution in [0.2, 0.25) is 0 Å². The van der Waals surface area contributed by atoms with E-state index in [1.807, 2.05) is 0 Å². The topological polar surface area (TPSA) is 38.2 Å². The molecular weight excluding hydrogens is 467 g/mol. The number of aromatic nitrogens is 2. The molecule has 1 aromatic heterocycles. The van der Waals surface area contributed by atoms with Gasteiger partial charge in [0.05, 0.1) is 11.7 Å². The van der Waals surface area contributed by atoms with Crippen molar-refractivity contribution in [3.05, 3.63) is 11.8 Å². The molecule has 0 unspecified atom stereocenters. The van der Waals surface area contributed by atoms with Crippen LogP contribution in [0, 0.1) is 0 Å². The van der Waals surface area contributed by atoms with Crippen LogP contribution >= 0.6 is 11.7 Å². The summed E-state index contributed by atoms with van der Waals surface area (Å²) in [5.41, 5.74) is 0.217. The lowest BCUT2D eigenvalue weighted by Gasteiger charge is -2.36. The van der Waals surface area contributed by atoms with E-state index < -0.39 is 42.4 Å². The summed E-state index contributed by atoms with van der Waals surface area (Å²) in [6.07, 6.45) is -5.10. The van der Waals surface area contributed by atoms with Gasteiger partial charge in [0.2, 0.25) is 0 Å². The molecule has 16 heteroatoms. The lowest BCUT2D eigenvalue weighted by molar-refractivity contribution is -0.423. The normalized spacial score (nSPS) is 17.8. The van der Waals surface area contributed by atoms with Crippen molar-refractivity contribution in [1.29, 1.82) is 0 Å². The largest absolute Gasteiger partial charge is 0.469 e. The third-order valence-corrected chi connectivity index (χ3v) is 4.61. The third-order valence-electron chi connectivity index (χ3n) is 4.10. The average molecular weight is 479 g/mol. The van der Waals surface area contributed by atoms with Gasteiger partial charge < -0.3 is 9.64 Å². The van der Waals surface area contributed by atoms with Gasteiger partial charge in [-0.1, -0.05) is 6.08 Å². The Balaban J connectivity index is 2.25. The van der Waals surface area contributed by atoms with Crippen LogP contribution < -0.4 is 4.74 Å². The molecule has 0 atom stereocenters. The van der Waals surface area contributed by atoms with Gasteiger partial charge in [0.15, 0.2) is 6.61 Å². The van der Waals surface area contributed by atoms with Crippen molar-refractivity contribution in [1.82, 2.24) is 13.6 Å². The van der Waals surface area contributed by atoms with Gasteiger partial charge in [-0.3, -0.25) is 0 Å². The monoisotopic (exact) mass is 479 g/mol. The molecule has 1 aliphatic heterocycles. The zero-order chi connectivity index (χ0) is 23.2. The Morgan fingerprint density at radius 2 is 1.53 bits per heavy atom. The zero-order valence-corrected chi connectivity index (χ0v) is 15.5. The number of halogens is 11. The highest BCUT2D eigenvalue weighted by Crippen LogP contribution is 2.57. The van der Waals surface area contributed by atoms with E-state index in [1.165, 1.54) is 0 Å². The maximum atomic E-state index is 13.7. The molecule has 30 heavy (non-hydrogen) atoms. The number of hydrogen-bond acceptors (Lipinski definition) is 5. The molecule has 0 amide bonds. The second kappa shape index (κ2) is 7.76. The van der Waals surface area contributed by atoms with Crippen molar-refractivity contribution in [3.8, 4) is 5.88 Å². The predicted molar refractivity (Wildman–Crippen MR) is 81.3 cm³/mol. The summed E-state index contributed by atoms with van der Waals surface area (Å²) in [5, 5.41) is 0. The average Bonchev–Trinajstić information content (AvgIpc) is 3.07. The smallest absolute Gasteiger partial charge is 0.460 e. The molecule has 0 radical (unpaired) electrons.